The minimum absolute atomic E-state index is 0.624. The Hall–Kier alpha value is -1.72. The lowest BCUT2D eigenvalue weighted by atomic mass is 10.1. The number of hydrogen-bond acceptors (Lipinski definition) is 5. The maximum Gasteiger partial charge on any atom is 0.241 e. The first-order valence-corrected chi connectivity index (χ1v) is 7.94. The third-order valence-corrected chi connectivity index (χ3v) is 4.09. The van der Waals surface area contributed by atoms with Crippen LogP contribution in [0.2, 0.25) is 0 Å². The van der Waals surface area contributed by atoms with Crippen LogP contribution in [0.25, 0.3) is 11.4 Å². The van der Waals surface area contributed by atoms with Gasteiger partial charge in [0.05, 0.1) is 13.2 Å². The van der Waals surface area contributed by atoms with E-state index in [9.17, 15) is 0 Å². The van der Waals surface area contributed by atoms with Crippen LogP contribution in [0.5, 0.6) is 0 Å². The molecule has 2 aromatic rings. The molecular weight excluding hydrogens is 278 g/mol. The smallest absolute Gasteiger partial charge is 0.241 e. The molecule has 0 unspecified atom stereocenters. The number of nitrogens with zero attached hydrogens (tertiary/aromatic N) is 3. The highest BCUT2D eigenvalue weighted by molar-refractivity contribution is 5.55. The van der Waals surface area contributed by atoms with Crippen molar-refractivity contribution >= 4 is 0 Å². The highest BCUT2D eigenvalue weighted by Crippen LogP contribution is 2.19. The fraction of sp³-hybridized carbons (Fsp3) is 0.529. The lowest BCUT2D eigenvalue weighted by Gasteiger charge is -2.21. The van der Waals surface area contributed by atoms with Crippen molar-refractivity contribution in [2.24, 2.45) is 5.92 Å². The van der Waals surface area contributed by atoms with E-state index in [0.29, 0.717) is 24.2 Å². The molecule has 1 aliphatic heterocycles. The van der Waals surface area contributed by atoms with Crippen LogP contribution in [0.15, 0.2) is 28.8 Å². The topological polar surface area (TPSA) is 51.4 Å². The molecule has 0 radical (unpaired) electrons. The number of ether oxygens (including phenoxy) is 1. The number of aromatic nitrogens is 2. The van der Waals surface area contributed by atoms with Crippen molar-refractivity contribution in [3.63, 3.8) is 0 Å². The van der Waals surface area contributed by atoms with Gasteiger partial charge in [-0.3, -0.25) is 4.90 Å². The van der Waals surface area contributed by atoms with Crippen LogP contribution in [-0.2, 0) is 11.3 Å². The average Bonchev–Trinajstić information content (AvgIpc) is 3.18. The number of hydrogen-bond donors (Lipinski definition) is 0. The monoisotopic (exact) mass is 301 g/mol. The first-order chi connectivity index (χ1) is 10.7. The highest BCUT2D eigenvalue weighted by Gasteiger charge is 2.20. The average molecular weight is 301 g/mol. The van der Waals surface area contributed by atoms with Crippen LogP contribution in [-0.4, -0.2) is 41.3 Å². The molecule has 1 aromatic heterocycles. The van der Waals surface area contributed by atoms with Gasteiger partial charge in [0.1, 0.15) is 0 Å². The number of benzene rings is 1. The Bertz CT molecular complexity index is 605. The molecule has 0 aliphatic carbocycles. The summed E-state index contributed by atoms with van der Waals surface area (Å²) >= 11 is 0. The molecule has 118 valence electrons. The summed E-state index contributed by atoms with van der Waals surface area (Å²) in [5, 5.41) is 4.11. The Morgan fingerprint density at radius 2 is 2.27 bits per heavy atom. The molecule has 1 atom stereocenters. The van der Waals surface area contributed by atoms with Crippen molar-refractivity contribution in [2.75, 3.05) is 26.3 Å². The molecule has 1 saturated heterocycles. The maximum absolute atomic E-state index is 5.45. The fourth-order valence-electron chi connectivity index (χ4n) is 2.81. The fourth-order valence-corrected chi connectivity index (χ4v) is 2.81. The summed E-state index contributed by atoms with van der Waals surface area (Å²) in [6.07, 6.45) is 1.15. The van der Waals surface area contributed by atoms with E-state index in [1.54, 1.807) is 0 Å². The molecule has 3 rings (SSSR count). The summed E-state index contributed by atoms with van der Waals surface area (Å²) in [4.78, 5) is 6.87. The zero-order chi connectivity index (χ0) is 15.4. The molecule has 5 heteroatoms. The largest absolute Gasteiger partial charge is 0.381 e. The Morgan fingerprint density at radius 3 is 3.00 bits per heavy atom. The minimum Gasteiger partial charge on any atom is -0.381 e. The van der Waals surface area contributed by atoms with Crippen LogP contribution >= 0.6 is 0 Å². The quantitative estimate of drug-likeness (QED) is 0.821. The summed E-state index contributed by atoms with van der Waals surface area (Å²) in [5.74, 6) is 1.97. The van der Waals surface area contributed by atoms with Crippen LogP contribution in [0.3, 0.4) is 0 Å². The lowest BCUT2D eigenvalue weighted by molar-refractivity contribution is 0.160. The van der Waals surface area contributed by atoms with Gasteiger partial charge in [0.25, 0.3) is 0 Å². The molecule has 0 N–H and O–H groups in total. The second-order valence-corrected chi connectivity index (χ2v) is 5.94. The molecule has 0 bridgehead atoms. The van der Waals surface area contributed by atoms with Gasteiger partial charge in [-0.2, -0.15) is 4.98 Å². The van der Waals surface area contributed by atoms with E-state index in [1.807, 2.05) is 12.1 Å². The van der Waals surface area contributed by atoms with Crippen molar-refractivity contribution in [1.82, 2.24) is 15.0 Å². The molecule has 1 aromatic carbocycles. The molecule has 22 heavy (non-hydrogen) atoms. The van der Waals surface area contributed by atoms with Crippen molar-refractivity contribution in [3.05, 3.63) is 35.7 Å². The lowest BCUT2D eigenvalue weighted by Crippen LogP contribution is -2.29. The Morgan fingerprint density at radius 1 is 1.36 bits per heavy atom. The van der Waals surface area contributed by atoms with Gasteiger partial charge in [-0.25, -0.2) is 0 Å². The second kappa shape index (κ2) is 7.03. The van der Waals surface area contributed by atoms with Crippen LogP contribution in [0.4, 0.5) is 0 Å². The Balaban J connectivity index is 1.65. The van der Waals surface area contributed by atoms with Gasteiger partial charge in [-0.05, 0) is 31.9 Å². The minimum atomic E-state index is 0.624. The van der Waals surface area contributed by atoms with Gasteiger partial charge in [-0.15, -0.1) is 0 Å². The summed E-state index contributed by atoms with van der Waals surface area (Å²) in [5.41, 5.74) is 2.20. The van der Waals surface area contributed by atoms with Crippen LogP contribution < -0.4 is 0 Å². The zero-order valence-corrected chi connectivity index (χ0v) is 13.3. The van der Waals surface area contributed by atoms with E-state index in [1.165, 1.54) is 5.56 Å². The van der Waals surface area contributed by atoms with Gasteiger partial charge in [0, 0.05) is 18.7 Å². The molecule has 1 fully saturated rings. The summed E-state index contributed by atoms with van der Waals surface area (Å²) in [7, 11) is 0. The molecule has 0 spiro atoms. The SMILES string of the molecule is CCN(Cc1nc(-c2cccc(C)c2)no1)C[C@@H]1CCOC1. The zero-order valence-electron chi connectivity index (χ0n) is 13.3. The first kappa shape index (κ1) is 15.2. The highest BCUT2D eigenvalue weighted by atomic mass is 16.5. The summed E-state index contributed by atoms with van der Waals surface area (Å²) in [6.45, 7) is 8.68. The normalized spacial score (nSPS) is 18.2. The first-order valence-electron chi connectivity index (χ1n) is 7.94. The second-order valence-electron chi connectivity index (χ2n) is 5.94. The van der Waals surface area contributed by atoms with Gasteiger partial charge in [0.15, 0.2) is 0 Å². The Labute approximate surface area is 131 Å². The molecule has 0 amide bonds. The molecular formula is C17H23N3O2. The third kappa shape index (κ3) is 3.72. The van der Waals surface area contributed by atoms with E-state index >= 15 is 0 Å². The number of aryl methyl sites for hydroxylation is 1. The van der Waals surface area contributed by atoms with Gasteiger partial charge in [-0.1, -0.05) is 35.8 Å². The summed E-state index contributed by atoms with van der Waals surface area (Å²) < 4.78 is 10.9. The van der Waals surface area contributed by atoms with E-state index in [4.69, 9.17) is 9.26 Å². The van der Waals surface area contributed by atoms with E-state index in [2.05, 4.69) is 41.0 Å². The van der Waals surface area contributed by atoms with E-state index in [-0.39, 0.29) is 0 Å². The maximum atomic E-state index is 5.45. The molecule has 2 heterocycles. The molecule has 0 saturated carbocycles. The third-order valence-electron chi connectivity index (χ3n) is 4.09. The van der Waals surface area contributed by atoms with E-state index < -0.39 is 0 Å². The van der Waals surface area contributed by atoms with Crippen molar-refractivity contribution in [2.45, 2.75) is 26.8 Å². The molecule has 1 aliphatic rings. The molecule has 5 nitrogen and oxygen atoms in total. The number of rotatable bonds is 6. The Kier molecular flexibility index (Phi) is 4.85. The predicted octanol–water partition coefficient (Wildman–Crippen LogP) is 2.90. The van der Waals surface area contributed by atoms with Crippen molar-refractivity contribution in [3.8, 4) is 11.4 Å². The van der Waals surface area contributed by atoms with Crippen molar-refractivity contribution < 1.29 is 9.26 Å². The predicted molar refractivity (Wildman–Crippen MR) is 84.3 cm³/mol. The summed E-state index contributed by atoms with van der Waals surface area (Å²) in [6, 6.07) is 8.16. The van der Waals surface area contributed by atoms with Gasteiger partial charge >= 0.3 is 0 Å². The van der Waals surface area contributed by atoms with Gasteiger partial charge in [0.2, 0.25) is 11.7 Å². The van der Waals surface area contributed by atoms with Crippen LogP contribution in [0, 0.1) is 12.8 Å². The van der Waals surface area contributed by atoms with Gasteiger partial charge < -0.3 is 9.26 Å². The van der Waals surface area contributed by atoms with Crippen LogP contribution in [0.1, 0.15) is 24.8 Å². The standard InChI is InChI=1S/C17H23N3O2/c1-3-20(10-14-7-8-21-12-14)11-16-18-17(19-22-16)15-6-4-5-13(2)9-15/h4-6,9,14H,3,7-8,10-12H2,1-2H3/t14-/m0/s1. The van der Waals surface area contributed by atoms with Crippen molar-refractivity contribution in [1.29, 1.82) is 0 Å². The van der Waals surface area contributed by atoms with E-state index in [0.717, 1.165) is 38.3 Å².